The van der Waals surface area contributed by atoms with Crippen LogP contribution in [0.15, 0.2) is 83.9 Å². The number of benzene rings is 3. The zero-order valence-electron chi connectivity index (χ0n) is 53.8. The van der Waals surface area contributed by atoms with E-state index in [1.54, 1.807) is 87.2 Å². The first kappa shape index (κ1) is 76.3. The lowest BCUT2D eigenvalue weighted by molar-refractivity contribution is -0.148. The number of nitrogens with one attached hydrogen (secondary N) is 6. The first-order valence-electron chi connectivity index (χ1n) is 31.9. The highest BCUT2D eigenvalue weighted by molar-refractivity contribution is 5.95. The van der Waals surface area contributed by atoms with Gasteiger partial charge in [0.2, 0.25) is 35.4 Å². The number of aliphatic carboxylic acids is 4. The Hall–Kier alpha value is -9.46. The molecule has 0 aliphatic carbocycles. The number of carboxylic acids is 4. The summed E-state index contributed by atoms with van der Waals surface area (Å²) in [5.41, 5.74) is 7.86. The number of piperidine rings is 1. The largest absolute Gasteiger partial charge is 0.508 e. The van der Waals surface area contributed by atoms with E-state index >= 15 is 0 Å². The number of carbonyl (C=O) groups is 11. The maximum Gasteiger partial charge on any atom is 0.323 e. The predicted molar refractivity (Wildman–Crippen MR) is 347 cm³/mol. The van der Waals surface area contributed by atoms with E-state index < -0.39 is 78.1 Å². The van der Waals surface area contributed by atoms with Crippen LogP contribution in [0.25, 0.3) is 0 Å². The van der Waals surface area contributed by atoms with Crippen molar-refractivity contribution in [3.8, 4) is 11.5 Å². The maximum absolute atomic E-state index is 14.5. The SMILES string of the molecule is CCC(=O)NCCNC(=O)NC(N)=NCCC[C@@H](NC(=O)[C@H](c1ccccc1)c1cccc(OCCCCNC(=O)CCC(=O)N(CC(=O)O)C2CCN(C(=O)CN3CCN(CC(=O)O)CCN(CC(=O)O)CCN(CC(=O)O)CC3)CC2)c1)C(=O)NCc1ccc(O)cc1. The molecule has 3 aromatic carbocycles. The van der Waals surface area contributed by atoms with E-state index in [2.05, 4.69) is 36.9 Å². The number of guanidine groups is 1. The second-order valence-corrected chi connectivity index (χ2v) is 23.1. The van der Waals surface area contributed by atoms with Crippen LogP contribution >= 0.6 is 0 Å². The molecule has 31 nitrogen and oxygen atoms in total. The molecular formula is C64H92N14O17. The third-order valence-electron chi connectivity index (χ3n) is 15.8. The molecule has 2 heterocycles. The van der Waals surface area contributed by atoms with Crippen molar-refractivity contribution in [1.29, 1.82) is 0 Å². The number of hydrogen-bond acceptors (Lipinski definition) is 18. The monoisotopic (exact) mass is 1330 g/mol. The van der Waals surface area contributed by atoms with Crippen molar-refractivity contribution in [2.45, 2.75) is 89.3 Å². The molecule has 2 aliphatic heterocycles. The molecule has 520 valence electrons. The highest BCUT2D eigenvalue weighted by Gasteiger charge is 2.33. The van der Waals surface area contributed by atoms with Gasteiger partial charge in [-0.3, -0.25) is 77.9 Å². The number of rotatable bonds is 35. The number of phenols is 1. The fraction of sp³-hybridized carbons (Fsp3) is 0.531. The summed E-state index contributed by atoms with van der Waals surface area (Å²) in [5, 5.41) is 64.4. The van der Waals surface area contributed by atoms with E-state index in [0.29, 0.717) is 41.7 Å². The molecule has 2 saturated heterocycles. The van der Waals surface area contributed by atoms with Gasteiger partial charge in [-0.15, -0.1) is 0 Å². The van der Waals surface area contributed by atoms with Crippen LogP contribution in [0, 0.1) is 0 Å². The minimum absolute atomic E-state index is 0.0597. The van der Waals surface area contributed by atoms with Gasteiger partial charge in [-0.1, -0.05) is 61.5 Å². The summed E-state index contributed by atoms with van der Waals surface area (Å²) in [5.74, 6) is -7.32. The van der Waals surface area contributed by atoms with Gasteiger partial charge in [0.1, 0.15) is 24.1 Å². The predicted octanol–water partition coefficient (Wildman–Crippen LogP) is -0.319. The molecule has 2 aliphatic rings. The molecule has 5 rings (SSSR count). The standard InChI is InChI=1S/C64H92N14O17/c1-2-52(80)67-25-26-69-64(94)72-63(65)68-24-9-14-51(61(92)70-39-45-15-17-49(79)18-16-45)71-62(93)60(46-10-4-3-5-11-46)47-12-8-13-50(38-47)95-37-7-6-23-66-53(81)19-20-54(82)78(44-59(90)91)48-21-27-77(28-22-48)55(83)40-73-29-31-74(41-56(84)85)33-35-76(43-58(88)89)36-34-75(32-30-73)42-57(86)87/h3-5,8,10-13,15-18,38,48,51,60,79H,2,6-7,9,14,19-37,39-44H2,1H3,(H,66,81)(H,67,80)(H,70,92)(H,71,93)(H,84,85)(H,86,87)(H,88,89)(H,90,91)(H4,65,68,69,72,94)/t51-,60-/m1/s1. The van der Waals surface area contributed by atoms with Crippen LogP contribution in [-0.4, -0.2) is 269 Å². The smallest absolute Gasteiger partial charge is 0.323 e. The molecule has 0 radical (unpaired) electrons. The number of urea groups is 1. The molecule has 13 N–H and O–H groups in total. The average Bonchev–Trinajstić information content (AvgIpc) is 0.963. The van der Waals surface area contributed by atoms with E-state index in [9.17, 15) is 78.3 Å². The Kier molecular flexibility index (Phi) is 33.1. The summed E-state index contributed by atoms with van der Waals surface area (Å²) in [6.07, 6.45) is 1.80. The number of unbranched alkanes of at least 4 members (excludes halogenated alkanes) is 1. The second kappa shape index (κ2) is 41.3. The van der Waals surface area contributed by atoms with Crippen LogP contribution in [-0.2, 0) is 54.5 Å². The number of aromatic hydroxyl groups is 1. The zero-order chi connectivity index (χ0) is 69.1. The molecule has 8 amide bonds. The quantitative estimate of drug-likeness (QED) is 0.0204. The van der Waals surface area contributed by atoms with Crippen LogP contribution in [0.5, 0.6) is 11.5 Å². The number of nitrogens with zero attached hydrogens (tertiary/aromatic N) is 7. The van der Waals surface area contributed by atoms with E-state index in [1.165, 1.54) is 17.0 Å². The lowest BCUT2D eigenvalue weighted by Gasteiger charge is -2.39. The first-order chi connectivity index (χ1) is 45.5. The molecule has 0 spiro atoms. The number of likely N-dealkylation sites (tertiary alicyclic amines) is 1. The fourth-order valence-corrected chi connectivity index (χ4v) is 10.7. The molecule has 0 aromatic heterocycles. The van der Waals surface area contributed by atoms with Crippen molar-refractivity contribution in [3.63, 3.8) is 0 Å². The lowest BCUT2D eigenvalue weighted by atomic mass is 9.90. The van der Waals surface area contributed by atoms with Crippen molar-refractivity contribution in [1.82, 2.24) is 61.3 Å². The third-order valence-corrected chi connectivity index (χ3v) is 15.8. The van der Waals surface area contributed by atoms with Gasteiger partial charge in [-0.2, -0.15) is 0 Å². The van der Waals surface area contributed by atoms with Crippen LogP contribution in [0.3, 0.4) is 0 Å². The molecule has 0 unspecified atom stereocenters. The van der Waals surface area contributed by atoms with Gasteiger partial charge in [0.05, 0.1) is 38.7 Å². The summed E-state index contributed by atoms with van der Waals surface area (Å²) in [7, 11) is 0. The van der Waals surface area contributed by atoms with Gasteiger partial charge >= 0.3 is 29.9 Å². The minimum atomic E-state index is -1.24. The number of hydrogen-bond donors (Lipinski definition) is 12. The van der Waals surface area contributed by atoms with Crippen molar-refractivity contribution in [2.75, 3.05) is 131 Å². The van der Waals surface area contributed by atoms with Crippen LogP contribution in [0.1, 0.15) is 87.3 Å². The van der Waals surface area contributed by atoms with Crippen molar-refractivity contribution in [2.24, 2.45) is 10.7 Å². The van der Waals surface area contributed by atoms with Gasteiger partial charge in [-0.05, 0) is 79.5 Å². The highest BCUT2D eigenvalue weighted by Crippen LogP contribution is 2.29. The Morgan fingerprint density at radius 1 is 0.611 bits per heavy atom. The van der Waals surface area contributed by atoms with Crippen molar-refractivity contribution >= 4 is 71.3 Å². The normalized spacial score (nSPS) is 15.5. The Morgan fingerprint density at radius 2 is 1.18 bits per heavy atom. The number of amides is 8. The Morgan fingerprint density at radius 3 is 1.76 bits per heavy atom. The summed E-state index contributed by atoms with van der Waals surface area (Å²) in [6.45, 7) is 3.46. The number of carbonyl (C=O) groups excluding carboxylic acids is 7. The molecule has 0 bridgehead atoms. The number of nitrogens with two attached hydrogens (primary N) is 1. The van der Waals surface area contributed by atoms with E-state index in [1.807, 2.05) is 11.0 Å². The molecular weight excluding hydrogens is 1240 g/mol. The number of aliphatic imine (C=N–C) groups is 1. The summed E-state index contributed by atoms with van der Waals surface area (Å²) in [4.78, 5) is 153. The maximum atomic E-state index is 14.5. The fourth-order valence-electron chi connectivity index (χ4n) is 10.7. The van der Waals surface area contributed by atoms with Crippen LogP contribution in [0.4, 0.5) is 4.79 Å². The van der Waals surface area contributed by atoms with Crippen molar-refractivity contribution in [3.05, 3.63) is 95.6 Å². The minimum Gasteiger partial charge on any atom is -0.508 e. The summed E-state index contributed by atoms with van der Waals surface area (Å²) < 4.78 is 6.11. The van der Waals surface area contributed by atoms with Gasteiger partial charge in [-0.25, -0.2) is 4.79 Å². The topological polar surface area (TPSA) is 428 Å². The van der Waals surface area contributed by atoms with E-state index in [-0.39, 0.29) is 193 Å². The highest BCUT2D eigenvalue weighted by atomic mass is 16.5. The van der Waals surface area contributed by atoms with Gasteiger partial charge in [0.15, 0.2) is 5.96 Å². The number of phenolic OH excluding ortho intramolecular Hbond substituents is 1. The molecule has 0 saturated carbocycles. The van der Waals surface area contributed by atoms with E-state index in [0.717, 1.165) is 0 Å². The Labute approximate surface area is 551 Å². The molecule has 2 fully saturated rings. The summed E-state index contributed by atoms with van der Waals surface area (Å²) >= 11 is 0. The van der Waals surface area contributed by atoms with Crippen LogP contribution < -0.4 is 42.4 Å². The van der Waals surface area contributed by atoms with E-state index in [4.69, 9.17) is 10.5 Å². The number of ether oxygens (including phenoxy) is 1. The Bertz CT molecular complexity index is 3010. The summed E-state index contributed by atoms with van der Waals surface area (Å²) in [6, 6.07) is 20.1. The van der Waals surface area contributed by atoms with Gasteiger partial charge in [0, 0.05) is 123 Å². The molecule has 3 aromatic rings. The third kappa shape index (κ3) is 29.6. The first-order valence-corrected chi connectivity index (χ1v) is 31.9. The lowest BCUT2D eigenvalue weighted by Crippen LogP contribution is -2.53. The molecule has 2 atom stereocenters. The van der Waals surface area contributed by atoms with Gasteiger partial charge < -0.3 is 72.4 Å². The van der Waals surface area contributed by atoms with Gasteiger partial charge in [0.25, 0.3) is 0 Å². The zero-order valence-corrected chi connectivity index (χ0v) is 53.8. The molecule has 31 heteroatoms. The van der Waals surface area contributed by atoms with Crippen molar-refractivity contribution < 1.29 is 83.0 Å². The Balaban J connectivity index is 1.10. The van der Waals surface area contributed by atoms with Crippen LogP contribution in [0.2, 0.25) is 0 Å². The molecule has 95 heavy (non-hydrogen) atoms. The average molecular weight is 1330 g/mol. The number of carboxylic acid groups (broad SMARTS) is 4. The second-order valence-electron chi connectivity index (χ2n) is 23.1.